The molecule has 19 heavy (non-hydrogen) atoms. The van der Waals surface area contributed by atoms with Crippen molar-refractivity contribution in [2.75, 3.05) is 6.26 Å². The normalized spacial score (nSPS) is 24.5. The Balaban J connectivity index is 3.09. The number of aliphatic imine (C=N–C) groups is 2. The van der Waals surface area contributed by atoms with Crippen LogP contribution in [-0.4, -0.2) is 34.1 Å². The van der Waals surface area contributed by atoms with Crippen molar-refractivity contribution in [3.05, 3.63) is 0 Å². The molecule has 1 rings (SSSR count). The topological polar surface area (TPSA) is 66.0 Å². The van der Waals surface area contributed by atoms with E-state index < -0.39 is 0 Å². The minimum absolute atomic E-state index is 0.0650. The molecule has 2 atom stereocenters. The summed E-state index contributed by atoms with van der Waals surface area (Å²) >= 11 is 1.59. The zero-order chi connectivity index (χ0) is 14.8. The van der Waals surface area contributed by atoms with Gasteiger partial charge in [0.05, 0.1) is 5.54 Å². The van der Waals surface area contributed by atoms with Gasteiger partial charge in [0, 0.05) is 5.92 Å². The average molecular weight is 285 g/mol. The molecular formula is C13H27N5S. The van der Waals surface area contributed by atoms with Gasteiger partial charge < -0.3 is 5.32 Å². The van der Waals surface area contributed by atoms with Crippen LogP contribution in [0.3, 0.4) is 0 Å². The van der Waals surface area contributed by atoms with Gasteiger partial charge in [0.25, 0.3) is 0 Å². The summed E-state index contributed by atoms with van der Waals surface area (Å²) in [7, 11) is 0. The van der Waals surface area contributed by atoms with Crippen molar-refractivity contribution < 1.29 is 0 Å². The first-order valence-electron chi connectivity index (χ1n) is 6.68. The predicted octanol–water partition coefficient (Wildman–Crippen LogP) is 2.26. The number of hydrogen-bond donors (Lipinski definition) is 2. The second-order valence-electron chi connectivity index (χ2n) is 6.29. The van der Waals surface area contributed by atoms with E-state index in [-0.39, 0.29) is 11.7 Å². The van der Waals surface area contributed by atoms with Crippen molar-refractivity contribution in [2.45, 2.75) is 53.2 Å². The lowest BCUT2D eigenvalue weighted by molar-refractivity contribution is 0.197. The first kappa shape index (κ1) is 16.3. The molecule has 0 aromatic carbocycles. The molecule has 6 heteroatoms. The number of nitrogens with zero attached hydrogens (tertiary/aromatic N) is 3. The quantitative estimate of drug-likeness (QED) is 0.764. The van der Waals surface area contributed by atoms with Crippen LogP contribution in [0.25, 0.3) is 0 Å². The van der Waals surface area contributed by atoms with E-state index in [9.17, 15) is 0 Å². The molecule has 2 unspecified atom stereocenters. The molecule has 0 aliphatic carbocycles. The van der Waals surface area contributed by atoms with Gasteiger partial charge in [-0.3, -0.25) is 5.01 Å². The molecule has 0 radical (unpaired) electrons. The van der Waals surface area contributed by atoms with Gasteiger partial charge >= 0.3 is 0 Å². The number of nitrogens with two attached hydrogens (primary N) is 1. The summed E-state index contributed by atoms with van der Waals surface area (Å²) in [6, 6.07) is 0. The fraction of sp³-hybridized carbons (Fsp3) is 0.846. The number of nitrogens with one attached hydrogen (secondary N) is 1. The molecule has 5 nitrogen and oxygen atoms in total. The highest BCUT2D eigenvalue weighted by Crippen LogP contribution is 2.23. The van der Waals surface area contributed by atoms with Crippen molar-refractivity contribution in [1.82, 2.24) is 10.3 Å². The summed E-state index contributed by atoms with van der Waals surface area (Å²) in [5, 5.41) is 5.74. The largest absolute Gasteiger partial charge is 0.304 e. The first-order valence-corrected chi connectivity index (χ1v) is 7.90. The number of hydrogen-bond acceptors (Lipinski definition) is 4. The van der Waals surface area contributed by atoms with Gasteiger partial charge in [-0.1, -0.05) is 32.5 Å². The molecule has 1 aliphatic heterocycles. The van der Waals surface area contributed by atoms with Crippen LogP contribution >= 0.6 is 11.8 Å². The van der Waals surface area contributed by atoms with Crippen LogP contribution in [0.2, 0.25) is 0 Å². The van der Waals surface area contributed by atoms with Crippen LogP contribution in [0.5, 0.6) is 0 Å². The van der Waals surface area contributed by atoms with Crippen molar-refractivity contribution in [3.63, 3.8) is 0 Å². The van der Waals surface area contributed by atoms with E-state index in [1.165, 1.54) is 0 Å². The Labute approximate surface area is 121 Å². The van der Waals surface area contributed by atoms with Gasteiger partial charge in [0.15, 0.2) is 5.17 Å². The zero-order valence-electron chi connectivity index (χ0n) is 13.1. The SMILES string of the molecule is CSC1=NC(C(C)C(C)C)N(N)C(=NC(C)(C)C)N1. The molecule has 0 spiro atoms. The minimum atomic E-state index is -0.174. The zero-order valence-corrected chi connectivity index (χ0v) is 13.9. The molecule has 110 valence electrons. The van der Waals surface area contributed by atoms with Crippen LogP contribution in [0, 0.1) is 11.8 Å². The molecule has 0 aromatic rings. The highest BCUT2D eigenvalue weighted by molar-refractivity contribution is 8.13. The van der Waals surface area contributed by atoms with E-state index in [1.54, 1.807) is 16.8 Å². The minimum Gasteiger partial charge on any atom is -0.304 e. The van der Waals surface area contributed by atoms with E-state index in [1.807, 2.05) is 6.26 Å². The van der Waals surface area contributed by atoms with Gasteiger partial charge in [-0.2, -0.15) is 0 Å². The van der Waals surface area contributed by atoms with Gasteiger partial charge in [-0.25, -0.2) is 15.8 Å². The number of rotatable bonds is 2. The monoisotopic (exact) mass is 285 g/mol. The average Bonchev–Trinajstić information content (AvgIpc) is 2.29. The van der Waals surface area contributed by atoms with Gasteiger partial charge in [0.2, 0.25) is 5.96 Å². The summed E-state index contributed by atoms with van der Waals surface area (Å²) in [4.78, 5) is 9.32. The fourth-order valence-corrected chi connectivity index (χ4v) is 2.13. The van der Waals surface area contributed by atoms with Gasteiger partial charge in [-0.05, 0) is 32.9 Å². The maximum absolute atomic E-state index is 6.21. The summed E-state index contributed by atoms with van der Waals surface area (Å²) in [5.41, 5.74) is -0.174. The van der Waals surface area contributed by atoms with E-state index in [4.69, 9.17) is 5.84 Å². The molecule has 0 amide bonds. The molecule has 0 aromatic heterocycles. The predicted molar refractivity (Wildman–Crippen MR) is 85.1 cm³/mol. The Morgan fingerprint density at radius 1 is 1.37 bits per heavy atom. The summed E-state index contributed by atoms with van der Waals surface area (Å²) in [6.07, 6.45) is 1.94. The lowest BCUT2D eigenvalue weighted by Gasteiger charge is -2.37. The molecular weight excluding hydrogens is 258 g/mol. The molecule has 3 N–H and O–H groups in total. The van der Waals surface area contributed by atoms with Gasteiger partial charge in [0.1, 0.15) is 6.17 Å². The van der Waals surface area contributed by atoms with E-state index in [0.29, 0.717) is 17.8 Å². The molecule has 0 saturated carbocycles. The highest BCUT2D eigenvalue weighted by atomic mass is 32.2. The Morgan fingerprint density at radius 2 is 1.95 bits per heavy atom. The number of thioether (sulfide) groups is 1. The Hall–Kier alpha value is -0.750. The van der Waals surface area contributed by atoms with Crippen molar-refractivity contribution in [3.8, 4) is 0 Å². The summed E-state index contributed by atoms with van der Waals surface area (Å²) in [5.74, 6) is 7.78. The van der Waals surface area contributed by atoms with E-state index in [2.05, 4.69) is 56.8 Å². The second kappa shape index (κ2) is 6.13. The number of hydrazine groups is 1. The smallest absolute Gasteiger partial charge is 0.217 e. The van der Waals surface area contributed by atoms with Crippen molar-refractivity contribution in [2.24, 2.45) is 27.7 Å². The molecule has 0 saturated heterocycles. The Morgan fingerprint density at radius 3 is 2.37 bits per heavy atom. The van der Waals surface area contributed by atoms with Gasteiger partial charge in [-0.15, -0.1) is 0 Å². The van der Waals surface area contributed by atoms with E-state index >= 15 is 0 Å². The summed E-state index contributed by atoms with van der Waals surface area (Å²) in [6.45, 7) is 12.7. The first-order chi connectivity index (χ1) is 8.65. The van der Waals surface area contributed by atoms with Crippen LogP contribution in [0.4, 0.5) is 0 Å². The van der Waals surface area contributed by atoms with Crippen molar-refractivity contribution in [1.29, 1.82) is 0 Å². The maximum atomic E-state index is 6.21. The third-order valence-corrected chi connectivity index (χ3v) is 3.75. The summed E-state index contributed by atoms with van der Waals surface area (Å²) < 4.78 is 0. The second-order valence-corrected chi connectivity index (χ2v) is 7.09. The van der Waals surface area contributed by atoms with Crippen molar-refractivity contribution >= 4 is 22.9 Å². The molecule has 0 bridgehead atoms. The van der Waals surface area contributed by atoms with E-state index in [0.717, 1.165) is 5.17 Å². The third-order valence-electron chi connectivity index (χ3n) is 3.15. The van der Waals surface area contributed by atoms with Crippen LogP contribution < -0.4 is 11.2 Å². The van der Waals surface area contributed by atoms with Crippen LogP contribution in [0.1, 0.15) is 41.5 Å². The number of guanidine groups is 1. The molecule has 0 fully saturated rings. The number of amidine groups is 1. The Kier molecular flexibility index (Phi) is 5.26. The Bertz CT molecular complexity index is 370. The maximum Gasteiger partial charge on any atom is 0.217 e. The van der Waals surface area contributed by atoms with Crippen LogP contribution in [-0.2, 0) is 0 Å². The lowest BCUT2D eigenvalue weighted by atomic mass is 9.94. The molecule has 1 heterocycles. The highest BCUT2D eigenvalue weighted by Gasteiger charge is 2.32. The van der Waals surface area contributed by atoms with Crippen LogP contribution in [0.15, 0.2) is 9.98 Å². The molecule has 1 aliphatic rings. The lowest BCUT2D eigenvalue weighted by Crippen LogP contribution is -2.59. The standard InChI is InChI=1S/C13H27N5S/c1-8(2)9(3)10-15-12(19-7)16-11(18(10)14)17-13(4,5)6/h8-10H,14H2,1-7H3,(H,15,16,17). The third kappa shape index (κ3) is 4.38. The fourth-order valence-electron chi connectivity index (χ4n) is 1.72.